The summed E-state index contributed by atoms with van der Waals surface area (Å²) in [5.74, 6) is 1.91. The van der Waals surface area contributed by atoms with Crippen LogP contribution in [-0.4, -0.2) is 15.0 Å². The predicted molar refractivity (Wildman–Crippen MR) is 251 cm³/mol. The number of benzene rings is 9. The molecule has 0 saturated carbocycles. The van der Waals surface area contributed by atoms with E-state index in [9.17, 15) is 0 Å². The zero-order chi connectivity index (χ0) is 41.1. The van der Waals surface area contributed by atoms with Crippen molar-refractivity contribution in [3.05, 3.63) is 281 Å². The second kappa shape index (κ2) is 14.3. The van der Waals surface area contributed by atoms with Crippen LogP contribution < -0.4 is 0 Å². The summed E-state index contributed by atoms with van der Waals surface area (Å²) in [7, 11) is 0. The normalized spacial score (nSPS) is 13.7. The molecule has 62 heavy (non-hydrogen) atoms. The third kappa shape index (κ3) is 5.28. The molecule has 0 fully saturated rings. The highest BCUT2D eigenvalue weighted by Gasteiger charge is 2.56. The van der Waals surface area contributed by atoms with Gasteiger partial charge in [-0.25, -0.2) is 15.0 Å². The fourth-order valence-electron chi connectivity index (χ4n) is 10.6. The molecule has 2 aliphatic carbocycles. The summed E-state index contributed by atoms with van der Waals surface area (Å²) in [4.78, 5) is 15.6. The van der Waals surface area contributed by atoms with Gasteiger partial charge in [0.25, 0.3) is 0 Å². The number of fused-ring (bicyclic) bond motifs is 9. The van der Waals surface area contributed by atoms with Gasteiger partial charge in [0.2, 0.25) is 0 Å². The monoisotopic (exact) mass is 789 g/mol. The second-order valence-electron chi connectivity index (χ2n) is 16.2. The highest BCUT2D eigenvalue weighted by molar-refractivity contribution is 5.91. The molecule has 0 unspecified atom stereocenters. The molecule has 1 spiro atoms. The summed E-state index contributed by atoms with van der Waals surface area (Å²) in [5, 5.41) is 0. The van der Waals surface area contributed by atoms with Crippen LogP contribution >= 0.6 is 0 Å². The first-order valence-electron chi connectivity index (χ1n) is 21.3. The third-order valence-corrected chi connectivity index (χ3v) is 13.1. The van der Waals surface area contributed by atoms with Crippen molar-refractivity contribution in [1.29, 1.82) is 0 Å². The van der Waals surface area contributed by atoms with Gasteiger partial charge in [-0.3, -0.25) is 0 Å². The lowest BCUT2D eigenvalue weighted by molar-refractivity contribution is 0.623. The van der Waals surface area contributed by atoms with Crippen LogP contribution in [0.4, 0.5) is 0 Å². The summed E-state index contributed by atoms with van der Waals surface area (Å²) in [6.45, 7) is 0. The molecule has 1 heterocycles. The Morgan fingerprint density at radius 1 is 0.226 bits per heavy atom. The van der Waals surface area contributed by atoms with Gasteiger partial charge < -0.3 is 0 Å². The minimum absolute atomic E-state index is 0.550. The number of hydrogen-bond acceptors (Lipinski definition) is 3. The highest BCUT2D eigenvalue weighted by atomic mass is 15.0. The molecule has 0 radical (unpaired) electrons. The fourth-order valence-corrected chi connectivity index (χ4v) is 10.6. The van der Waals surface area contributed by atoms with E-state index in [4.69, 9.17) is 15.0 Å². The van der Waals surface area contributed by atoms with Gasteiger partial charge in [0, 0.05) is 16.7 Å². The summed E-state index contributed by atoms with van der Waals surface area (Å²) in [5.41, 5.74) is 16.5. The van der Waals surface area contributed by atoms with E-state index in [1.54, 1.807) is 0 Å². The van der Waals surface area contributed by atoms with E-state index >= 15 is 0 Å². The van der Waals surface area contributed by atoms with Gasteiger partial charge in [-0.1, -0.05) is 224 Å². The molecule has 3 nitrogen and oxygen atoms in total. The first-order valence-corrected chi connectivity index (χ1v) is 21.3. The van der Waals surface area contributed by atoms with Crippen molar-refractivity contribution in [2.75, 3.05) is 0 Å². The summed E-state index contributed by atoms with van der Waals surface area (Å²) >= 11 is 0. The van der Waals surface area contributed by atoms with E-state index in [2.05, 4.69) is 212 Å². The highest BCUT2D eigenvalue weighted by Crippen LogP contribution is 2.64. The van der Waals surface area contributed by atoms with Gasteiger partial charge in [-0.05, 0) is 78.9 Å². The van der Waals surface area contributed by atoms with Crippen LogP contribution in [-0.2, 0) is 10.8 Å². The molecule has 0 N–H and O–H groups in total. The standard InChI is InChI=1S/C59H39N3/c1-5-20-40(21-6-1)42-24-19-25-43(38-42)56-60-55(41-22-7-2-8-23-41)61-57(62-56)44-36-37-50-48(39-44)47-30-13-14-31-49(47)59(50)53-34-17-15-32-51(53)58(45-26-9-3-10-27-45,46-28-11-4-12-29-46)52-33-16-18-35-54(52)59/h1-39H. The molecule has 3 heteroatoms. The Kier molecular flexibility index (Phi) is 8.29. The second-order valence-corrected chi connectivity index (χ2v) is 16.2. The lowest BCUT2D eigenvalue weighted by Gasteiger charge is -2.50. The summed E-state index contributed by atoms with van der Waals surface area (Å²) in [6, 6.07) is 85.5. The first kappa shape index (κ1) is 35.9. The Hall–Kier alpha value is -8.01. The topological polar surface area (TPSA) is 38.7 Å². The minimum atomic E-state index is -0.581. The van der Waals surface area contributed by atoms with E-state index in [0.29, 0.717) is 17.5 Å². The Morgan fingerprint density at radius 3 is 1.18 bits per heavy atom. The average molecular weight is 790 g/mol. The number of hydrogen-bond donors (Lipinski definition) is 0. The molecule has 0 bridgehead atoms. The number of rotatable bonds is 6. The van der Waals surface area contributed by atoms with Gasteiger partial charge in [0.1, 0.15) is 0 Å². The number of nitrogens with zero attached hydrogens (tertiary/aromatic N) is 3. The SMILES string of the molecule is c1ccc(-c2cccc(-c3nc(-c4ccccc4)nc(-c4ccc5c(c4)-c4ccccc4C54c5ccccc5C(c5ccccc5)(c5ccccc5)c5ccccc54)n3)c2)cc1. The van der Waals surface area contributed by atoms with Crippen LogP contribution in [0.25, 0.3) is 56.4 Å². The molecule has 0 atom stereocenters. The van der Waals surface area contributed by atoms with Gasteiger partial charge in [0.15, 0.2) is 17.5 Å². The summed E-state index contributed by atoms with van der Waals surface area (Å²) < 4.78 is 0. The fraction of sp³-hybridized carbons (Fsp3) is 0.0339. The van der Waals surface area contributed by atoms with Crippen molar-refractivity contribution < 1.29 is 0 Å². The molecule has 2 aliphatic rings. The maximum atomic E-state index is 5.26. The van der Waals surface area contributed by atoms with Crippen molar-refractivity contribution in [2.45, 2.75) is 10.8 Å². The van der Waals surface area contributed by atoms with Crippen LogP contribution in [0.15, 0.2) is 237 Å². The lowest BCUT2D eigenvalue weighted by Crippen LogP contribution is -2.44. The zero-order valence-corrected chi connectivity index (χ0v) is 33.9. The van der Waals surface area contributed by atoms with Crippen molar-refractivity contribution >= 4 is 0 Å². The average Bonchev–Trinajstić information content (AvgIpc) is 3.65. The molecule has 290 valence electrons. The van der Waals surface area contributed by atoms with Crippen molar-refractivity contribution in [1.82, 2.24) is 15.0 Å². The van der Waals surface area contributed by atoms with Crippen molar-refractivity contribution in [3.63, 3.8) is 0 Å². The van der Waals surface area contributed by atoms with Crippen LogP contribution in [0.5, 0.6) is 0 Å². The Labute approximate surface area is 361 Å². The van der Waals surface area contributed by atoms with E-state index in [1.807, 2.05) is 24.3 Å². The van der Waals surface area contributed by atoms with Crippen molar-refractivity contribution in [3.8, 4) is 56.4 Å². The Bertz CT molecular complexity index is 3200. The van der Waals surface area contributed by atoms with Crippen LogP contribution in [0.2, 0.25) is 0 Å². The van der Waals surface area contributed by atoms with Gasteiger partial charge >= 0.3 is 0 Å². The van der Waals surface area contributed by atoms with Gasteiger partial charge in [-0.15, -0.1) is 0 Å². The largest absolute Gasteiger partial charge is 0.208 e. The quantitative estimate of drug-likeness (QED) is 0.168. The third-order valence-electron chi connectivity index (χ3n) is 13.1. The minimum Gasteiger partial charge on any atom is -0.208 e. The predicted octanol–water partition coefficient (Wildman–Crippen LogP) is 13.6. The van der Waals surface area contributed by atoms with Gasteiger partial charge in [0.05, 0.1) is 10.8 Å². The van der Waals surface area contributed by atoms with E-state index < -0.39 is 10.8 Å². The molecule has 0 aliphatic heterocycles. The Balaban J connectivity index is 1.10. The van der Waals surface area contributed by atoms with Crippen LogP contribution in [0, 0.1) is 0 Å². The molecule has 9 aromatic carbocycles. The molecule has 12 rings (SSSR count). The van der Waals surface area contributed by atoms with Gasteiger partial charge in [-0.2, -0.15) is 0 Å². The van der Waals surface area contributed by atoms with Crippen LogP contribution in [0.3, 0.4) is 0 Å². The van der Waals surface area contributed by atoms with Crippen LogP contribution in [0.1, 0.15) is 44.5 Å². The zero-order valence-electron chi connectivity index (χ0n) is 33.9. The first-order chi connectivity index (χ1) is 30.7. The maximum Gasteiger partial charge on any atom is 0.164 e. The van der Waals surface area contributed by atoms with E-state index in [0.717, 1.165) is 27.8 Å². The maximum absolute atomic E-state index is 5.26. The lowest BCUT2D eigenvalue weighted by atomic mass is 9.51. The number of aromatic nitrogens is 3. The smallest absolute Gasteiger partial charge is 0.164 e. The molecular formula is C59H39N3. The molecule has 0 saturated heterocycles. The van der Waals surface area contributed by atoms with Crippen molar-refractivity contribution in [2.24, 2.45) is 0 Å². The molecule has 1 aromatic heterocycles. The molecule has 0 amide bonds. The molecular weight excluding hydrogens is 751 g/mol. The summed E-state index contributed by atoms with van der Waals surface area (Å²) in [6.07, 6.45) is 0. The molecule has 10 aromatic rings. The Morgan fingerprint density at radius 2 is 0.613 bits per heavy atom. The van der Waals surface area contributed by atoms with E-state index in [1.165, 1.54) is 55.6 Å². The van der Waals surface area contributed by atoms with E-state index in [-0.39, 0.29) is 0 Å².